The Hall–Kier alpha value is -3.58. The zero-order valence-electron chi connectivity index (χ0n) is 16.6. The van der Waals surface area contributed by atoms with E-state index in [9.17, 15) is 9.59 Å². The van der Waals surface area contributed by atoms with Crippen LogP contribution in [0.5, 0.6) is 0 Å². The van der Waals surface area contributed by atoms with Crippen molar-refractivity contribution in [2.45, 2.75) is 20.3 Å². The van der Waals surface area contributed by atoms with E-state index in [1.54, 1.807) is 6.21 Å². The Labute approximate surface area is 177 Å². The van der Waals surface area contributed by atoms with Crippen molar-refractivity contribution in [2.24, 2.45) is 5.10 Å². The number of nitrogens with one attached hydrogen (secondary N) is 2. The Kier molecular flexibility index (Phi) is 5.54. The zero-order chi connectivity index (χ0) is 21.1. The van der Waals surface area contributed by atoms with Crippen molar-refractivity contribution >= 4 is 33.7 Å². The van der Waals surface area contributed by atoms with E-state index in [-0.39, 0.29) is 17.9 Å². The molecule has 0 saturated carbocycles. The molecule has 1 amide bonds. The smallest absolute Gasteiger partial charge is 0.259 e. The van der Waals surface area contributed by atoms with Gasteiger partial charge in [0.05, 0.1) is 18.0 Å². The monoisotopic (exact) mass is 416 g/mol. The van der Waals surface area contributed by atoms with Crippen molar-refractivity contribution < 1.29 is 4.79 Å². The normalized spacial score (nSPS) is 11.3. The molecular formula is C23H20N4O2S. The molecule has 0 aliphatic heterocycles. The van der Waals surface area contributed by atoms with Crippen LogP contribution in [-0.2, 0) is 11.2 Å². The van der Waals surface area contributed by atoms with Gasteiger partial charge in [-0.2, -0.15) is 5.10 Å². The summed E-state index contributed by atoms with van der Waals surface area (Å²) in [4.78, 5) is 33.3. The lowest BCUT2D eigenvalue weighted by molar-refractivity contribution is -0.120. The molecular weight excluding hydrogens is 396 g/mol. The van der Waals surface area contributed by atoms with Crippen LogP contribution in [0.3, 0.4) is 0 Å². The van der Waals surface area contributed by atoms with Gasteiger partial charge in [-0.15, -0.1) is 11.3 Å². The van der Waals surface area contributed by atoms with Gasteiger partial charge in [-0.3, -0.25) is 9.59 Å². The van der Waals surface area contributed by atoms with Crippen molar-refractivity contribution in [2.75, 3.05) is 0 Å². The third-order valence-electron chi connectivity index (χ3n) is 4.84. The molecule has 0 aliphatic rings. The van der Waals surface area contributed by atoms with Crippen molar-refractivity contribution in [3.05, 3.63) is 86.8 Å². The molecule has 0 saturated heterocycles. The first-order chi connectivity index (χ1) is 14.5. The first-order valence-electron chi connectivity index (χ1n) is 9.47. The highest BCUT2D eigenvalue weighted by Crippen LogP contribution is 2.25. The second-order valence-corrected chi connectivity index (χ2v) is 8.14. The van der Waals surface area contributed by atoms with Gasteiger partial charge < -0.3 is 4.98 Å². The van der Waals surface area contributed by atoms with E-state index in [0.717, 1.165) is 27.1 Å². The quantitative estimate of drug-likeness (QED) is 0.381. The van der Waals surface area contributed by atoms with Crippen molar-refractivity contribution in [1.29, 1.82) is 0 Å². The molecule has 4 rings (SSSR count). The minimum Gasteiger partial charge on any atom is -0.309 e. The van der Waals surface area contributed by atoms with Crippen molar-refractivity contribution in [3.8, 4) is 11.1 Å². The molecule has 2 aromatic carbocycles. The SMILES string of the molecule is Cc1sc2nc(CC(=O)N/N=C/c3ccc(-c4ccccc4)cc3)[nH]c(=O)c2c1C. The second kappa shape index (κ2) is 8.42. The summed E-state index contributed by atoms with van der Waals surface area (Å²) in [6.45, 7) is 3.85. The molecule has 0 spiro atoms. The number of aromatic amines is 1. The molecule has 150 valence electrons. The molecule has 0 fully saturated rings. The highest BCUT2D eigenvalue weighted by molar-refractivity contribution is 7.18. The summed E-state index contributed by atoms with van der Waals surface area (Å²) >= 11 is 1.46. The molecule has 0 bridgehead atoms. The number of benzene rings is 2. The van der Waals surface area contributed by atoms with E-state index >= 15 is 0 Å². The Morgan fingerprint density at radius 2 is 1.80 bits per heavy atom. The minimum absolute atomic E-state index is 0.0501. The maximum absolute atomic E-state index is 12.3. The number of hydrogen-bond acceptors (Lipinski definition) is 5. The number of carbonyl (C=O) groups excluding carboxylic acids is 1. The number of rotatable bonds is 5. The lowest BCUT2D eigenvalue weighted by Gasteiger charge is -2.02. The Morgan fingerprint density at radius 3 is 2.53 bits per heavy atom. The average molecular weight is 417 g/mol. The van der Waals surface area contributed by atoms with Gasteiger partial charge in [0.15, 0.2) is 0 Å². The highest BCUT2D eigenvalue weighted by atomic mass is 32.1. The number of aryl methyl sites for hydroxylation is 2. The topological polar surface area (TPSA) is 87.2 Å². The predicted molar refractivity (Wildman–Crippen MR) is 121 cm³/mol. The molecule has 30 heavy (non-hydrogen) atoms. The van der Waals surface area contributed by atoms with Crippen LogP contribution in [-0.4, -0.2) is 22.1 Å². The lowest BCUT2D eigenvalue weighted by Crippen LogP contribution is -2.23. The van der Waals surface area contributed by atoms with E-state index in [1.165, 1.54) is 11.3 Å². The maximum Gasteiger partial charge on any atom is 0.259 e. The summed E-state index contributed by atoms with van der Waals surface area (Å²) in [6, 6.07) is 18.0. The minimum atomic E-state index is -0.348. The van der Waals surface area contributed by atoms with Gasteiger partial charge >= 0.3 is 0 Å². The maximum atomic E-state index is 12.3. The number of thiophene rings is 1. The molecule has 7 heteroatoms. The molecule has 0 radical (unpaired) electrons. The van der Waals surface area contributed by atoms with Crippen LogP contribution in [0.4, 0.5) is 0 Å². The zero-order valence-corrected chi connectivity index (χ0v) is 17.4. The van der Waals surface area contributed by atoms with Gasteiger partial charge in [0.2, 0.25) is 5.91 Å². The fourth-order valence-electron chi connectivity index (χ4n) is 3.15. The molecule has 6 nitrogen and oxygen atoms in total. The van der Waals surface area contributed by atoms with E-state index in [4.69, 9.17) is 0 Å². The first-order valence-corrected chi connectivity index (χ1v) is 10.3. The van der Waals surface area contributed by atoms with Crippen LogP contribution in [0, 0.1) is 13.8 Å². The van der Waals surface area contributed by atoms with Crippen LogP contribution < -0.4 is 11.0 Å². The highest BCUT2D eigenvalue weighted by Gasteiger charge is 2.13. The number of aromatic nitrogens is 2. The number of fused-ring (bicyclic) bond motifs is 1. The van der Waals surface area contributed by atoms with Gasteiger partial charge in [-0.1, -0.05) is 54.6 Å². The van der Waals surface area contributed by atoms with E-state index in [0.29, 0.717) is 16.0 Å². The van der Waals surface area contributed by atoms with Crippen LogP contribution in [0.25, 0.3) is 21.3 Å². The van der Waals surface area contributed by atoms with Gasteiger partial charge in [-0.25, -0.2) is 10.4 Å². The van der Waals surface area contributed by atoms with Crippen LogP contribution in [0.15, 0.2) is 64.5 Å². The fraction of sp³-hybridized carbons (Fsp3) is 0.130. The summed E-state index contributed by atoms with van der Waals surface area (Å²) in [5.41, 5.74) is 6.32. The fourth-order valence-corrected chi connectivity index (χ4v) is 4.19. The van der Waals surface area contributed by atoms with Crippen molar-refractivity contribution in [3.63, 3.8) is 0 Å². The predicted octanol–water partition coefficient (Wildman–Crippen LogP) is 3.96. The van der Waals surface area contributed by atoms with Gasteiger partial charge in [0, 0.05) is 4.88 Å². The summed E-state index contributed by atoms with van der Waals surface area (Å²) in [5, 5.41) is 4.60. The van der Waals surface area contributed by atoms with Crippen LogP contribution in [0.2, 0.25) is 0 Å². The standard InChI is InChI=1S/C23H20N4O2S/c1-14-15(2)30-23-21(14)22(29)25-19(26-23)12-20(28)27-24-13-16-8-10-18(11-9-16)17-6-4-3-5-7-17/h3-11,13H,12H2,1-2H3,(H,27,28)(H,25,26,29)/b24-13+. The first kappa shape index (κ1) is 19.7. The van der Waals surface area contributed by atoms with Gasteiger partial charge in [0.25, 0.3) is 5.56 Å². The van der Waals surface area contributed by atoms with E-state index in [2.05, 4.69) is 32.6 Å². The number of amides is 1. The molecule has 2 N–H and O–H groups in total. The average Bonchev–Trinajstić information content (AvgIpc) is 3.03. The molecule has 2 heterocycles. The lowest BCUT2D eigenvalue weighted by atomic mass is 10.0. The van der Waals surface area contributed by atoms with Gasteiger partial charge in [-0.05, 0) is 36.1 Å². The molecule has 0 unspecified atom stereocenters. The number of hydrogen-bond donors (Lipinski definition) is 2. The number of H-pyrrole nitrogens is 1. The number of hydrazone groups is 1. The van der Waals surface area contributed by atoms with Crippen LogP contribution in [0.1, 0.15) is 21.8 Å². The molecule has 2 aromatic heterocycles. The van der Waals surface area contributed by atoms with Crippen LogP contribution >= 0.6 is 11.3 Å². The number of nitrogens with zero attached hydrogens (tertiary/aromatic N) is 2. The summed E-state index contributed by atoms with van der Waals surface area (Å²) in [7, 11) is 0. The Bertz CT molecular complexity index is 1290. The third-order valence-corrected chi connectivity index (χ3v) is 5.94. The molecule has 0 atom stereocenters. The van der Waals surface area contributed by atoms with Gasteiger partial charge in [0.1, 0.15) is 10.7 Å². The largest absolute Gasteiger partial charge is 0.309 e. The van der Waals surface area contributed by atoms with Crippen molar-refractivity contribution in [1.82, 2.24) is 15.4 Å². The van der Waals surface area contributed by atoms with E-state index in [1.807, 2.05) is 56.3 Å². The summed E-state index contributed by atoms with van der Waals surface area (Å²) in [6.07, 6.45) is 1.53. The Balaban J connectivity index is 1.39. The third kappa shape index (κ3) is 4.21. The molecule has 4 aromatic rings. The number of carbonyl (C=O) groups is 1. The Morgan fingerprint density at radius 1 is 1.10 bits per heavy atom. The summed E-state index contributed by atoms with van der Waals surface area (Å²) in [5.74, 6) is -0.0201. The summed E-state index contributed by atoms with van der Waals surface area (Å²) < 4.78 is 0. The second-order valence-electron chi connectivity index (χ2n) is 6.93. The van der Waals surface area contributed by atoms with E-state index < -0.39 is 0 Å². The molecule has 0 aliphatic carbocycles.